The number of ether oxygens (including phenoxy) is 5. The van der Waals surface area contributed by atoms with Crippen LogP contribution in [0.15, 0.2) is 115 Å². The van der Waals surface area contributed by atoms with Crippen molar-refractivity contribution in [3.63, 3.8) is 0 Å². The van der Waals surface area contributed by atoms with Crippen LogP contribution in [0.2, 0.25) is 0 Å². The summed E-state index contributed by atoms with van der Waals surface area (Å²) in [6.07, 6.45) is -7.16. The lowest BCUT2D eigenvalue weighted by molar-refractivity contribution is -0.270. The molecule has 12 nitrogen and oxygen atoms in total. The van der Waals surface area contributed by atoms with Crippen molar-refractivity contribution < 1.29 is 51.7 Å². The third-order valence-corrected chi connectivity index (χ3v) is 9.93. The molecule has 0 unspecified atom stereocenters. The van der Waals surface area contributed by atoms with Gasteiger partial charge in [0.25, 0.3) is 0 Å². The zero-order chi connectivity index (χ0) is 36.2. The second kappa shape index (κ2) is 17.8. The Labute approximate surface area is 296 Å². The molecule has 0 aromatic heterocycles. The minimum Gasteiger partial charge on any atom is -0.461 e. The van der Waals surface area contributed by atoms with E-state index in [9.17, 15) is 18.9 Å². The molecule has 0 spiro atoms. The summed E-state index contributed by atoms with van der Waals surface area (Å²) in [7, 11) is -3.64. The molecular formula is C38H40NO11P. The summed E-state index contributed by atoms with van der Waals surface area (Å²) in [6, 6.07) is 31.0. The largest absolute Gasteiger partial charge is 0.461 e. The number of benzene rings is 4. The zero-order valence-corrected chi connectivity index (χ0v) is 29.1. The normalized spacial score (nSPS) is 20.2. The lowest BCUT2D eigenvalue weighted by Crippen LogP contribution is -2.63. The summed E-state index contributed by atoms with van der Waals surface area (Å²) >= 11 is 0. The summed E-state index contributed by atoms with van der Waals surface area (Å²) < 4.78 is 55.6. The Morgan fingerprint density at radius 3 is 1.51 bits per heavy atom. The minimum atomic E-state index is -3.64. The first-order chi connectivity index (χ1) is 24.7. The molecule has 1 saturated heterocycles. The molecule has 2 N–H and O–H groups in total. The second-order valence-electron chi connectivity index (χ2n) is 11.4. The molecule has 0 saturated carbocycles. The fourth-order valence-electron chi connectivity index (χ4n) is 5.43. The Balaban J connectivity index is 1.60. The number of nitrogen functional groups attached to an aromatic ring is 1. The Hall–Kier alpha value is -5.00. The predicted octanol–water partition coefficient (Wildman–Crippen LogP) is 6.71. The van der Waals surface area contributed by atoms with E-state index in [1.165, 1.54) is 0 Å². The molecule has 0 amide bonds. The van der Waals surface area contributed by atoms with Crippen LogP contribution in [-0.4, -0.2) is 68.0 Å². The van der Waals surface area contributed by atoms with Crippen LogP contribution in [0.1, 0.15) is 51.3 Å². The van der Waals surface area contributed by atoms with Crippen LogP contribution >= 0.6 is 7.60 Å². The third-order valence-electron chi connectivity index (χ3n) is 7.82. The molecule has 1 aliphatic heterocycles. The van der Waals surface area contributed by atoms with Gasteiger partial charge >= 0.3 is 25.5 Å². The summed E-state index contributed by atoms with van der Waals surface area (Å²) in [5.74, 6) is -2.04. The van der Waals surface area contributed by atoms with Gasteiger partial charge < -0.3 is 38.5 Å². The molecule has 4 aromatic carbocycles. The van der Waals surface area contributed by atoms with Crippen molar-refractivity contribution in [2.45, 2.75) is 51.0 Å². The van der Waals surface area contributed by atoms with Crippen LogP contribution in [-0.2, 0) is 32.6 Å². The lowest BCUT2D eigenvalue weighted by Gasteiger charge is -2.44. The van der Waals surface area contributed by atoms with Gasteiger partial charge in [-0.3, -0.25) is 4.57 Å². The third kappa shape index (κ3) is 10.0. The quantitative estimate of drug-likeness (QED) is 0.0601. The first-order valence-corrected chi connectivity index (χ1v) is 18.3. The molecule has 1 aliphatic rings. The molecule has 1 fully saturated rings. The van der Waals surface area contributed by atoms with Crippen LogP contribution in [0.5, 0.6) is 5.75 Å². The standard InChI is InChI=1S/C38H40NO11P/c1-3-44-51(43,45-4-2)25-24-31-32(48-35(40)26-14-8-5-9-15-26)33(49-36(41)27-16-10-6-11-17-27)34(50-37(42)28-18-12-7-13-19-28)38(47-31)46-30-22-20-29(39)21-23-30/h5-23,31-34,38H,3-4,24-25,39H2,1-2H3/t31-,32-,33+,34+,38+/m1/s1. The Morgan fingerprint density at radius 1 is 0.627 bits per heavy atom. The molecule has 13 heteroatoms. The van der Waals surface area contributed by atoms with Crippen molar-refractivity contribution >= 4 is 31.2 Å². The lowest BCUT2D eigenvalue weighted by atomic mass is 9.96. The van der Waals surface area contributed by atoms with Crippen LogP contribution in [0.25, 0.3) is 0 Å². The van der Waals surface area contributed by atoms with Crippen molar-refractivity contribution in [3.8, 4) is 5.75 Å². The highest BCUT2D eigenvalue weighted by Crippen LogP contribution is 2.49. The van der Waals surface area contributed by atoms with Crippen LogP contribution in [0.3, 0.4) is 0 Å². The average Bonchev–Trinajstić information content (AvgIpc) is 3.15. The van der Waals surface area contributed by atoms with Gasteiger partial charge in [0.1, 0.15) is 11.9 Å². The molecule has 51 heavy (non-hydrogen) atoms. The molecular weight excluding hydrogens is 677 g/mol. The van der Waals surface area contributed by atoms with Crippen molar-refractivity contribution in [2.24, 2.45) is 0 Å². The maximum atomic E-state index is 13.7. The zero-order valence-electron chi connectivity index (χ0n) is 28.2. The number of carbonyl (C=O) groups excluding carboxylic acids is 3. The van der Waals surface area contributed by atoms with E-state index < -0.39 is 56.2 Å². The van der Waals surface area contributed by atoms with Crippen LogP contribution in [0.4, 0.5) is 5.69 Å². The van der Waals surface area contributed by atoms with E-state index in [1.807, 2.05) is 0 Å². The van der Waals surface area contributed by atoms with Gasteiger partial charge in [-0.2, -0.15) is 0 Å². The Bertz CT molecular complexity index is 1760. The molecule has 1 heterocycles. The first kappa shape index (κ1) is 37.3. The highest BCUT2D eigenvalue weighted by atomic mass is 31.2. The van der Waals surface area contributed by atoms with Gasteiger partial charge in [0, 0.05) is 5.69 Å². The van der Waals surface area contributed by atoms with Gasteiger partial charge in [0.15, 0.2) is 12.2 Å². The van der Waals surface area contributed by atoms with E-state index in [1.54, 1.807) is 129 Å². The maximum Gasteiger partial charge on any atom is 0.338 e. The van der Waals surface area contributed by atoms with E-state index in [0.717, 1.165) is 0 Å². The summed E-state index contributed by atoms with van der Waals surface area (Å²) in [4.78, 5) is 41.0. The number of hydrogen-bond donors (Lipinski definition) is 1. The average molecular weight is 718 g/mol. The number of esters is 3. The molecule has 4 aromatic rings. The van der Waals surface area contributed by atoms with Crippen LogP contribution < -0.4 is 10.5 Å². The second-order valence-corrected chi connectivity index (χ2v) is 13.6. The van der Waals surface area contributed by atoms with Gasteiger partial charge in [0.2, 0.25) is 12.4 Å². The summed E-state index contributed by atoms with van der Waals surface area (Å²) in [5.41, 5.74) is 6.97. The van der Waals surface area contributed by atoms with Crippen molar-refractivity contribution in [1.82, 2.24) is 0 Å². The SMILES string of the molecule is CCOP(=O)(CC[C@H]1O[C@H](Oc2ccc(N)cc2)[C@@H](OC(=O)c2ccccc2)[C@@H](OC(=O)c2ccccc2)[C@@H]1OC(=O)c1ccccc1)OCC. The van der Waals surface area contributed by atoms with E-state index >= 15 is 0 Å². The number of rotatable bonds is 15. The van der Waals surface area contributed by atoms with Crippen molar-refractivity contribution in [2.75, 3.05) is 25.1 Å². The number of hydrogen-bond acceptors (Lipinski definition) is 12. The number of nitrogens with two attached hydrogens (primary N) is 1. The molecule has 268 valence electrons. The number of carbonyl (C=O) groups is 3. The van der Waals surface area contributed by atoms with E-state index in [-0.39, 0.29) is 48.2 Å². The highest BCUT2D eigenvalue weighted by molar-refractivity contribution is 7.53. The van der Waals surface area contributed by atoms with E-state index in [2.05, 4.69) is 0 Å². The van der Waals surface area contributed by atoms with Gasteiger partial charge in [-0.05, 0) is 80.9 Å². The molecule has 0 aliphatic carbocycles. The minimum absolute atomic E-state index is 0.0651. The van der Waals surface area contributed by atoms with Gasteiger partial charge in [-0.1, -0.05) is 54.6 Å². The smallest absolute Gasteiger partial charge is 0.338 e. The van der Waals surface area contributed by atoms with E-state index in [4.69, 9.17) is 38.5 Å². The van der Waals surface area contributed by atoms with Crippen LogP contribution in [0, 0.1) is 0 Å². The predicted molar refractivity (Wildman–Crippen MR) is 187 cm³/mol. The molecule has 5 rings (SSSR count). The monoisotopic (exact) mass is 717 g/mol. The molecule has 0 bridgehead atoms. The first-order valence-electron chi connectivity index (χ1n) is 16.5. The van der Waals surface area contributed by atoms with Gasteiger partial charge in [-0.15, -0.1) is 0 Å². The summed E-state index contributed by atoms with van der Waals surface area (Å²) in [5, 5.41) is 0. The Kier molecular flexibility index (Phi) is 13.0. The van der Waals surface area contributed by atoms with Crippen molar-refractivity contribution in [1.29, 1.82) is 0 Å². The maximum absolute atomic E-state index is 13.7. The topological polar surface area (TPSA) is 159 Å². The highest BCUT2D eigenvalue weighted by Gasteiger charge is 2.54. The summed E-state index contributed by atoms with van der Waals surface area (Å²) in [6.45, 7) is 3.61. The molecule has 5 atom stereocenters. The molecule has 0 radical (unpaired) electrons. The van der Waals surface area contributed by atoms with E-state index in [0.29, 0.717) is 5.69 Å². The van der Waals surface area contributed by atoms with Gasteiger partial charge in [-0.25, -0.2) is 14.4 Å². The number of anilines is 1. The van der Waals surface area contributed by atoms with Gasteiger partial charge in [0.05, 0.1) is 36.1 Å². The fraction of sp³-hybridized carbons (Fsp3) is 0.289. The van der Waals surface area contributed by atoms with Crippen molar-refractivity contribution in [3.05, 3.63) is 132 Å². The fourth-order valence-corrected chi connectivity index (χ4v) is 7.12. The Morgan fingerprint density at radius 2 is 1.06 bits per heavy atom.